The van der Waals surface area contributed by atoms with E-state index >= 15 is 0 Å². The van der Waals surface area contributed by atoms with Crippen LogP contribution in [0.15, 0.2) is 72.8 Å². The molecule has 1 spiro atoms. The summed E-state index contributed by atoms with van der Waals surface area (Å²) < 4.78 is 48.8. The van der Waals surface area contributed by atoms with Crippen molar-refractivity contribution in [3.05, 3.63) is 95.1 Å². The maximum Gasteiger partial charge on any atom is 0.573 e. The van der Waals surface area contributed by atoms with Gasteiger partial charge in [-0.25, -0.2) is 0 Å². The van der Waals surface area contributed by atoms with Crippen LogP contribution < -0.4 is 9.47 Å². The van der Waals surface area contributed by atoms with Crippen LogP contribution >= 0.6 is 0 Å². The van der Waals surface area contributed by atoms with E-state index in [9.17, 15) is 28.2 Å². The second kappa shape index (κ2) is 11.1. The van der Waals surface area contributed by atoms with Gasteiger partial charge in [-0.1, -0.05) is 55.5 Å². The predicted molar refractivity (Wildman–Crippen MR) is 165 cm³/mol. The number of piperidine rings is 1. The number of hydrogen-bond donors (Lipinski definition) is 2. The number of alkyl halides is 3. The summed E-state index contributed by atoms with van der Waals surface area (Å²) in [6, 6.07) is 18.8. The Balaban J connectivity index is 1.19. The van der Waals surface area contributed by atoms with Crippen molar-refractivity contribution in [3.8, 4) is 17.2 Å². The number of halogens is 3. The van der Waals surface area contributed by atoms with Crippen molar-refractivity contribution in [3.63, 3.8) is 0 Å². The largest absolute Gasteiger partial charge is 0.573 e. The fraction of sp³-hybridized carbons (Fsp3) is 0.417. The van der Waals surface area contributed by atoms with Gasteiger partial charge in [-0.2, -0.15) is 0 Å². The van der Waals surface area contributed by atoms with Gasteiger partial charge in [0.2, 0.25) is 5.91 Å². The fourth-order valence-corrected chi connectivity index (χ4v) is 8.85. The van der Waals surface area contributed by atoms with Crippen LogP contribution in [0, 0.1) is 5.92 Å². The molecule has 3 unspecified atom stereocenters. The normalized spacial score (nSPS) is 29.7. The molecule has 2 aliphatic heterocycles. The summed E-state index contributed by atoms with van der Waals surface area (Å²) in [6.07, 6.45) is -0.0547. The van der Waals surface area contributed by atoms with Gasteiger partial charge in [0.15, 0.2) is 11.5 Å². The van der Waals surface area contributed by atoms with Crippen molar-refractivity contribution in [1.82, 2.24) is 9.80 Å². The van der Waals surface area contributed by atoms with E-state index in [-0.39, 0.29) is 29.4 Å². The second-order valence-electron chi connectivity index (χ2n) is 13.1. The van der Waals surface area contributed by atoms with Gasteiger partial charge in [0.1, 0.15) is 11.9 Å². The Bertz CT molecular complexity index is 1680. The van der Waals surface area contributed by atoms with Crippen molar-refractivity contribution >= 4 is 12.0 Å². The van der Waals surface area contributed by atoms with E-state index in [1.807, 2.05) is 31.2 Å². The number of likely N-dealkylation sites (N-methyl/N-ethyl adjacent to an activating group) is 1. The molecule has 4 aliphatic rings. The molecule has 2 N–H and O–H groups in total. The first kappa shape index (κ1) is 30.6. The van der Waals surface area contributed by atoms with Crippen LogP contribution in [0.1, 0.15) is 42.0 Å². The number of phenols is 1. The molecule has 0 aromatic heterocycles. The topological polar surface area (TPSA) is 82.5 Å². The van der Waals surface area contributed by atoms with Gasteiger partial charge in [-0.3, -0.25) is 9.69 Å². The highest BCUT2D eigenvalue weighted by molar-refractivity contribution is 5.92. The Hall–Kier alpha value is -4.02. The monoisotopic (exact) mass is 634 g/mol. The quantitative estimate of drug-likeness (QED) is 0.336. The average molecular weight is 635 g/mol. The van der Waals surface area contributed by atoms with Crippen molar-refractivity contribution < 1.29 is 37.7 Å². The van der Waals surface area contributed by atoms with Crippen LogP contribution in [0.2, 0.25) is 0 Å². The van der Waals surface area contributed by atoms with Crippen LogP contribution in [0.5, 0.6) is 17.2 Å². The number of aliphatic hydroxyl groups is 1. The van der Waals surface area contributed by atoms with Gasteiger partial charge >= 0.3 is 6.36 Å². The van der Waals surface area contributed by atoms with Crippen molar-refractivity contribution in [2.75, 3.05) is 20.1 Å². The summed E-state index contributed by atoms with van der Waals surface area (Å²) in [5.41, 5.74) is 1.56. The van der Waals surface area contributed by atoms with Gasteiger partial charge in [0.05, 0.1) is 17.1 Å². The second-order valence-corrected chi connectivity index (χ2v) is 13.1. The molecule has 7 rings (SSSR count). The molecule has 1 amide bonds. The zero-order valence-corrected chi connectivity index (χ0v) is 25.7. The number of aromatic hydroxyl groups is 1. The minimum absolute atomic E-state index is 0.0241. The highest BCUT2D eigenvalue weighted by Crippen LogP contribution is 2.67. The smallest absolute Gasteiger partial charge is 0.504 e. The summed E-state index contributed by atoms with van der Waals surface area (Å²) in [7, 11) is 1.69. The molecule has 2 aliphatic carbocycles. The molecule has 1 saturated heterocycles. The third-order valence-electron chi connectivity index (χ3n) is 10.9. The number of benzene rings is 3. The molecule has 242 valence electrons. The van der Waals surface area contributed by atoms with Crippen LogP contribution in [0.3, 0.4) is 0 Å². The first-order valence-corrected chi connectivity index (χ1v) is 15.8. The van der Waals surface area contributed by atoms with Gasteiger partial charge < -0.3 is 24.6 Å². The summed E-state index contributed by atoms with van der Waals surface area (Å²) >= 11 is 0. The van der Waals surface area contributed by atoms with Crippen LogP contribution in [-0.2, 0) is 23.1 Å². The van der Waals surface area contributed by atoms with E-state index in [2.05, 4.69) is 21.8 Å². The van der Waals surface area contributed by atoms with Gasteiger partial charge in [0, 0.05) is 31.3 Å². The van der Waals surface area contributed by atoms with Crippen LogP contribution in [0.4, 0.5) is 13.2 Å². The average Bonchev–Trinajstić information content (AvgIpc) is 3.37. The molecule has 2 heterocycles. The minimum Gasteiger partial charge on any atom is -0.504 e. The summed E-state index contributed by atoms with van der Waals surface area (Å²) in [6.45, 7) is 3.58. The Kier molecular flexibility index (Phi) is 7.36. The SMILES string of the molecule is CC1CC(N(C)C(=O)/C=C/c2cccc(OC(F)(F)F)c2)C2Oc3c(O)ccc4c3[C@@]23CCN(CCc2ccccc2)[C@H](C4)[C@]13O. The third kappa shape index (κ3) is 4.76. The number of ether oxygens (including phenoxy) is 2. The molecule has 6 atom stereocenters. The molecule has 3 aromatic rings. The molecule has 2 fully saturated rings. The molecule has 7 nitrogen and oxygen atoms in total. The van der Waals surface area contributed by atoms with Gasteiger partial charge in [-0.15, -0.1) is 13.2 Å². The van der Waals surface area contributed by atoms with Crippen molar-refractivity contribution in [2.24, 2.45) is 5.92 Å². The Morgan fingerprint density at radius 2 is 1.93 bits per heavy atom. The van der Waals surface area contributed by atoms with E-state index < -0.39 is 29.5 Å². The number of amides is 1. The lowest BCUT2D eigenvalue weighted by molar-refractivity contribution is -0.274. The third-order valence-corrected chi connectivity index (χ3v) is 10.9. The number of likely N-dealkylation sites (tertiary alicyclic amines) is 1. The number of rotatable bonds is 7. The maximum absolute atomic E-state index is 13.6. The zero-order chi connectivity index (χ0) is 32.4. The molecule has 0 radical (unpaired) electrons. The maximum atomic E-state index is 13.6. The Morgan fingerprint density at radius 1 is 1.15 bits per heavy atom. The lowest BCUT2D eigenvalue weighted by Gasteiger charge is -2.66. The number of carbonyl (C=O) groups excluding carboxylic acids is 1. The fourth-order valence-electron chi connectivity index (χ4n) is 8.85. The lowest BCUT2D eigenvalue weighted by Crippen LogP contribution is -2.80. The number of carbonyl (C=O) groups is 1. The minimum atomic E-state index is -4.82. The summed E-state index contributed by atoms with van der Waals surface area (Å²) in [5.74, 6) is -0.508. The van der Waals surface area contributed by atoms with Gasteiger partial charge in [0.25, 0.3) is 0 Å². The molecule has 2 bridgehead atoms. The van der Waals surface area contributed by atoms with Crippen LogP contribution in [-0.4, -0.2) is 76.2 Å². The highest BCUT2D eigenvalue weighted by atomic mass is 19.4. The molecule has 46 heavy (non-hydrogen) atoms. The van der Waals surface area contributed by atoms with Crippen LogP contribution in [0.25, 0.3) is 6.08 Å². The number of phenolic OH excluding ortho intramolecular Hbond substituents is 1. The summed E-state index contributed by atoms with van der Waals surface area (Å²) in [5, 5.41) is 24.0. The van der Waals surface area contributed by atoms with E-state index in [0.717, 1.165) is 30.6 Å². The van der Waals surface area contributed by atoms with E-state index in [1.165, 1.54) is 35.9 Å². The molecular weight excluding hydrogens is 597 g/mol. The molecule has 10 heteroatoms. The number of hydrogen-bond acceptors (Lipinski definition) is 6. The molecule has 3 aromatic carbocycles. The Morgan fingerprint density at radius 3 is 2.70 bits per heavy atom. The van der Waals surface area contributed by atoms with E-state index in [1.54, 1.807) is 24.1 Å². The zero-order valence-electron chi connectivity index (χ0n) is 25.7. The predicted octanol–water partition coefficient (Wildman–Crippen LogP) is 5.47. The highest BCUT2D eigenvalue weighted by Gasteiger charge is 2.75. The first-order chi connectivity index (χ1) is 21.9. The van der Waals surface area contributed by atoms with Crippen molar-refractivity contribution in [1.29, 1.82) is 0 Å². The molecule has 1 saturated carbocycles. The molecular formula is C36H37F3N2O5. The van der Waals surface area contributed by atoms with E-state index in [0.29, 0.717) is 30.6 Å². The Labute approximate surface area is 265 Å². The first-order valence-electron chi connectivity index (χ1n) is 15.8. The lowest BCUT2D eigenvalue weighted by atomic mass is 9.45. The van der Waals surface area contributed by atoms with E-state index in [4.69, 9.17) is 4.74 Å². The standard InChI is InChI=1S/C36H37F3N2O5/c1-22-19-27(40(2)30(43)14-11-24-9-6-10-26(20-24)46-36(37,38)39)33-34-16-18-41(17-15-23-7-4-3-5-8-23)29(35(22,34)44)21-25-12-13-28(42)32(45-33)31(25)34/h3-14,20,22,27,29,33,42,44H,15-19,21H2,1-2H3/b14-11+/t22?,27?,29-,33?,34+,35-/m1/s1. The summed E-state index contributed by atoms with van der Waals surface area (Å²) in [4.78, 5) is 17.6. The number of nitrogens with zero attached hydrogens (tertiary/aromatic N) is 2. The van der Waals surface area contributed by atoms with Gasteiger partial charge in [-0.05, 0) is 79.1 Å². The van der Waals surface area contributed by atoms with Crippen molar-refractivity contribution in [2.45, 2.75) is 68.2 Å².